The van der Waals surface area contributed by atoms with Crippen molar-refractivity contribution in [3.05, 3.63) is 11.6 Å². The van der Waals surface area contributed by atoms with Gasteiger partial charge in [0.15, 0.2) is 0 Å². The number of halogens is 1. The third kappa shape index (κ3) is 4.65. The highest BCUT2D eigenvalue weighted by Crippen LogP contribution is 2.19. The lowest BCUT2D eigenvalue weighted by Gasteiger charge is -2.34. The Morgan fingerprint density at radius 3 is 2.76 bits per heavy atom. The van der Waals surface area contributed by atoms with Gasteiger partial charge < -0.3 is 15.3 Å². The molecule has 1 fully saturated rings. The lowest BCUT2D eigenvalue weighted by Crippen LogP contribution is -2.49. The van der Waals surface area contributed by atoms with E-state index in [1.165, 1.54) is 0 Å². The van der Waals surface area contributed by atoms with E-state index in [0.717, 1.165) is 19.3 Å². The molecule has 0 spiro atoms. The van der Waals surface area contributed by atoms with Crippen molar-refractivity contribution >= 4 is 23.6 Å². The number of nitrogens with one attached hydrogen (secondary N) is 1. The van der Waals surface area contributed by atoms with Crippen molar-refractivity contribution in [2.24, 2.45) is 0 Å². The number of likely N-dealkylation sites (tertiary alicyclic amines) is 1. The Kier molecular flexibility index (Phi) is 5.28. The van der Waals surface area contributed by atoms with Crippen molar-refractivity contribution in [2.45, 2.75) is 31.7 Å². The van der Waals surface area contributed by atoms with Gasteiger partial charge in [-0.25, -0.2) is 4.79 Å². The summed E-state index contributed by atoms with van der Waals surface area (Å²) in [7, 11) is 0. The molecule has 0 aromatic carbocycles. The number of carboxylic acids is 1. The number of carbonyl (C=O) groups excluding carboxylic acids is 1. The van der Waals surface area contributed by atoms with E-state index >= 15 is 0 Å². The Morgan fingerprint density at radius 1 is 1.47 bits per heavy atom. The Bertz CT molecular complexity index is 320. The van der Waals surface area contributed by atoms with Crippen LogP contribution in [-0.4, -0.2) is 41.1 Å². The quantitative estimate of drug-likeness (QED) is 0.810. The third-order valence-corrected chi connectivity index (χ3v) is 2.86. The maximum Gasteiger partial charge on any atom is 0.317 e. The zero-order valence-electron chi connectivity index (χ0n) is 9.62. The first-order valence-corrected chi connectivity index (χ1v) is 5.98. The van der Waals surface area contributed by atoms with E-state index in [-0.39, 0.29) is 25.0 Å². The lowest BCUT2D eigenvalue weighted by molar-refractivity contribution is -0.138. The average Bonchev–Trinajstić information content (AvgIpc) is 2.25. The highest BCUT2D eigenvalue weighted by atomic mass is 35.5. The van der Waals surface area contributed by atoms with Crippen molar-refractivity contribution < 1.29 is 14.7 Å². The summed E-state index contributed by atoms with van der Waals surface area (Å²) in [5.74, 6) is -0.878. The summed E-state index contributed by atoms with van der Waals surface area (Å²) >= 11 is 5.56. The number of hydrogen-bond acceptors (Lipinski definition) is 2. The fourth-order valence-electron chi connectivity index (χ4n) is 1.95. The molecule has 96 valence electrons. The minimum absolute atomic E-state index is 0.00472. The average molecular weight is 261 g/mol. The van der Waals surface area contributed by atoms with Crippen LogP contribution in [0.4, 0.5) is 4.79 Å². The zero-order chi connectivity index (χ0) is 12.8. The molecule has 0 bridgehead atoms. The Hall–Kier alpha value is -1.23. The molecule has 1 saturated heterocycles. The van der Waals surface area contributed by atoms with Crippen LogP contribution in [-0.2, 0) is 4.79 Å². The normalized spacial score (nSPS) is 19.8. The van der Waals surface area contributed by atoms with E-state index in [2.05, 4.69) is 11.9 Å². The van der Waals surface area contributed by atoms with Crippen LogP contribution in [0.15, 0.2) is 11.6 Å². The van der Waals surface area contributed by atoms with Gasteiger partial charge in [0.25, 0.3) is 0 Å². The van der Waals surface area contributed by atoms with E-state index < -0.39 is 5.97 Å². The number of nitrogens with zero attached hydrogens (tertiary/aromatic N) is 1. The summed E-state index contributed by atoms with van der Waals surface area (Å²) < 4.78 is 0. The fourth-order valence-corrected chi connectivity index (χ4v) is 2.02. The molecule has 1 rings (SSSR count). The van der Waals surface area contributed by atoms with Gasteiger partial charge in [-0.1, -0.05) is 18.2 Å². The van der Waals surface area contributed by atoms with Crippen LogP contribution in [0.3, 0.4) is 0 Å². The van der Waals surface area contributed by atoms with Crippen molar-refractivity contribution in [3.8, 4) is 0 Å². The number of piperidine rings is 1. The number of urea groups is 1. The number of carboxylic acid groups (broad SMARTS) is 1. The number of amides is 2. The summed E-state index contributed by atoms with van der Waals surface area (Å²) in [6, 6.07) is -0.484. The molecule has 1 atom stereocenters. The predicted octanol–water partition coefficient (Wildman–Crippen LogP) is 1.78. The summed E-state index contributed by atoms with van der Waals surface area (Å²) in [6.45, 7) is 4.28. The number of rotatable bonds is 4. The molecular formula is C11H17ClN2O3. The van der Waals surface area contributed by atoms with Crippen LogP contribution < -0.4 is 5.32 Å². The van der Waals surface area contributed by atoms with E-state index in [1.54, 1.807) is 4.90 Å². The van der Waals surface area contributed by atoms with Gasteiger partial charge in [0.05, 0.1) is 13.0 Å². The van der Waals surface area contributed by atoms with Gasteiger partial charge in [-0.15, -0.1) is 0 Å². The number of hydrogen-bond donors (Lipinski definition) is 2. The molecule has 1 aliphatic rings. The molecule has 1 aliphatic heterocycles. The molecule has 0 radical (unpaired) electrons. The monoisotopic (exact) mass is 260 g/mol. The first-order chi connectivity index (χ1) is 8.00. The van der Waals surface area contributed by atoms with Gasteiger partial charge >= 0.3 is 12.0 Å². The predicted molar refractivity (Wildman–Crippen MR) is 65.0 cm³/mol. The molecule has 1 heterocycles. The summed E-state index contributed by atoms with van der Waals surface area (Å²) in [5.41, 5.74) is 0. The molecule has 0 aliphatic carbocycles. The maximum atomic E-state index is 11.8. The van der Waals surface area contributed by atoms with Crippen molar-refractivity contribution in [3.63, 3.8) is 0 Å². The largest absolute Gasteiger partial charge is 0.481 e. The van der Waals surface area contributed by atoms with Crippen LogP contribution in [0, 0.1) is 0 Å². The summed E-state index contributed by atoms with van der Waals surface area (Å²) in [5, 5.41) is 11.8. The van der Waals surface area contributed by atoms with Gasteiger partial charge in [-0.3, -0.25) is 4.79 Å². The molecule has 0 saturated carbocycles. The maximum absolute atomic E-state index is 11.8. The highest BCUT2D eigenvalue weighted by molar-refractivity contribution is 6.29. The van der Waals surface area contributed by atoms with Gasteiger partial charge in [0.2, 0.25) is 0 Å². The molecule has 2 N–H and O–H groups in total. The van der Waals surface area contributed by atoms with Crippen LogP contribution >= 0.6 is 11.6 Å². The smallest absolute Gasteiger partial charge is 0.317 e. The summed E-state index contributed by atoms with van der Waals surface area (Å²) in [6.07, 6.45) is 2.60. The van der Waals surface area contributed by atoms with E-state index in [0.29, 0.717) is 11.6 Å². The van der Waals surface area contributed by atoms with Crippen molar-refractivity contribution in [1.82, 2.24) is 10.2 Å². The topological polar surface area (TPSA) is 69.6 Å². The molecule has 17 heavy (non-hydrogen) atoms. The second kappa shape index (κ2) is 6.49. The Morgan fingerprint density at radius 2 is 2.18 bits per heavy atom. The van der Waals surface area contributed by atoms with Crippen molar-refractivity contribution in [2.75, 3.05) is 13.1 Å². The van der Waals surface area contributed by atoms with E-state index in [1.807, 2.05) is 0 Å². The minimum atomic E-state index is -0.878. The second-order valence-corrected chi connectivity index (χ2v) is 4.65. The van der Waals surface area contributed by atoms with E-state index in [4.69, 9.17) is 16.7 Å². The Balaban J connectivity index is 2.54. The molecule has 1 unspecified atom stereocenters. The number of aliphatic carboxylic acids is 1. The van der Waals surface area contributed by atoms with Crippen LogP contribution in [0.1, 0.15) is 25.7 Å². The summed E-state index contributed by atoms with van der Waals surface area (Å²) in [4.78, 5) is 24.1. The minimum Gasteiger partial charge on any atom is -0.481 e. The van der Waals surface area contributed by atoms with Crippen LogP contribution in [0.25, 0.3) is 0 Å². The van der Waals surface area contributed by atoms with E-state index in [9.17, 15) is 9.59 Å². The van der Waals surface area contributed by atoms with Crippen LogP contribution in [0.5, 0.6) is 0 Å². The lowest BCUT2D eigenvalue weighted by atomic mass is 10.00. The molecule has 0 aromatic heterocycles. The third-order valence-electron chi connectivity index (χ3n) is 2.73. The SMILES string of the molecule is C=C(Cl)CNC(=O)N1CCCCC1CC(=O)O. The second-order valence-electron chi connectivity index (χ2n) is 4.12. The molecule has 6 heteroatoms. The van der Waals surface area contributed by atoms with Gasteiger partial charge in [-0.05, 0) is 19.3 Å². The first-order valence-electron chi connectivity index (χ1n) is 5.60. The van der Waals surface area contributed by atoms with Gasteiger partial charge in [-0.2, -0.15) is 0 Å². The standard InChI is InChI=1S/C11H17ClN2O3/c1-8(12)7-13-11(17)14-5-3-2-4-9(14)6-10(15)16/h9H,1-7H2,(H,13,17)(H,15,16). The van der Waals surface area contributed by atoms with Crippen molar-refractivity contribution in [1.29, 1.82) is 0 Å². The molecule has 2 amide bonds. The molecule has 5 nitrogen and oxygen atoms in total. The molecule has 0 aromatic rings. The van der Waals surface area contributed by atoms with Gasteiger partial charge in [0.1, 0.15) is 0 Å². The van der Waals surface area contributed by atoms with Gasteiger partial charge in [0, 0.05) is 17.6 Å². The fraction of sp³-hybridized carbons (Fsp3) is 0.636. The Labute approximate surface area is 105 Å². The zero-order valence-corrected chi connectivity index (χ0v) is 10.4. The number of carbonyl (C=O) groups is 2. The molecular weight excluding hydrogens is 244 g/mol. The highest BCUT2D eigenvalue weighted by Gasteiger charge is 2.28. The first kappa shape index (κ1) is 13.8. The van der Waals surface area contributed by atoms with Crippen LogP contribution in [0.2, 0.25) is 0 Å².